The molecule has 0 bridgehead atoms. The second-order valence-electron chi connectivity index (χ2n) is 4.59. The highest BCUT2D eigenvalue weighted by Gasteiger charge is 2.29. The zero-order valence-corrected chi connectivity index (χ0v) is 12.7. The van der Waals surface area contributed by atoms with Crippen LogP contribution >= 0.6 is 15.9 Å². The molecule has 0 spiro atoms. The predicted octanol–water partition coefficient (Wildman–Crippen LogP) is 1.98. The SMILES string of the molecule is CC(C)(CNS(=O)(=O)c1ccc(Br)c(F)c1)C(=O)O. The van der Waals surface area contributed by atoms with E-state index in [-0.39, 0.29) is 15.9 Å². The third-order valence-corrected chi connectivity index (χ3v) is 4.53. The van der Waals surface area contributed by atoms with Crippen LogP contribution in [-0.2, 0) is 14.8 Å². The van der Waals surface area contributed by atoms with Crippen molar-refractivity contribution in [2.45, 2.75) is 18.7 Å². The minimum atomic E-state index is -3.94. The molecule has 0 atom stereocenters. The molecule has 19 heavy (non-hydrogen) atoms. The van der Waals surface area contributed by atoms with Gasteiger partial charge < -0.3 is 5.11 Å². The molecule has 1 aromatic carbocycles. The van der Waals surface area contributed by atoms with Gasteiger partial charge in [-0.15, -0.1) is 0 Å². The molecule has 1 rings (SSSR count). The maximum Gasteiger partial charge on any atom is 0.310 e. The molecule has 0 amide bonds. The van der Waals surface area contributed by atoms with Crippen molar-refractivity contribution in [2.24, 2.45) is 5.41 Å². The molecule has 0 unspecified atom stereocenters. The van der Waals surface area contributed by atoms with Crippen LogP contribution in [0, 0.1) is 11.2 Å². The highest BCUT2D eigenvalue weighted by atomic mass is 79.9. The van der Waals surface area contributed by atoms with Crippen LogP contribution in [0.1, 0.15) is 13.8 Å². The summed E-state index contributed by atoms with van der Waals surface area (Å²) in [6.07, 6.45) is 0. The molecule has 0 aliphatic carbocycles. The Morgan fingerprint density at radius 1 is 1.47 bits per heavy atom. The van der Waals surface area contributed by atoms with Gasteiger partial charge in [0.25, 0.3) is 0 Å². The molecule has 0 heterocycles. The first kappa shape index (κ1) is 16.1. The summed E-state index contributed by atoms with van der Waals surface area (Å²) in [5, 5.41) is 8.89. The number of carboxylic acid groups (broad SMARTS) is 1. The van der Waals surface area contributed by atoms with Gasteiger partial charge in [0.15, 0.2) is 0 Å². The van der Waals surface area contributed by atoms with Crippen molar-refractivity contribution >= 4 is 31.9 Å². The van der Waals surface area contributed by atoms with Crippen molar-refractivity contribution in [3.63, 3.8) is 0 Å². The van der Waals surface area contributed by atoms with Crippen LogP contribution in [-0.4, -0.2) is 26.0 Å². The lowest BCUT2D eigenvalue weighted by Crippen LogP contribution is -2.38. The summed E-state index contributed by atoms with van der Waals surface area (Å²) in [6, 6.07) is 3.36. The average molecular weight is 354 g/mol. The van der Waals surface area contributed by atoms with Gasteiger partial charge in [0, 0.05) is 6.54 Å². The Bertz CT molecular complexity index is 601. The van der Waals surface area contributed by atoms with Crippen molar-refractivity contribution in [3.8, 4) is 0 Å². The smallest absolute Gasteiger partial charge is 0.310 e. The van der Waals surface area contributed by atoms with Crippen molar-refractivity contribution in [1.82, 2.24) is 4.72 Å². The van der Waals surface area contributed by atoms with E-state index in [2.05, 4.69) is 20.7 Å². The number of aliphatic carboxylic acids is 1. The summed E-state index contributed by atoms with van der Waals surface area (Å²) >= 11 is 2.92. The molecule has 0 radical (unpaired) electrons. The zero-order valence-electron chi connectivity index (χ0n) is 10.3. The monoisotopic (exact) mass is 353 g/mol. The van der Waals surface area contributed by atoms with E-state index >= 15 is 0 Å². The Morgan fingerprint density at radius 3 is 2.53 bits per heavy atom. The van der Waals surface area contributed by atoms with E-state index in [0.717, 1.165) is 6.07 Å². The molecular weight excluding hydrogens is 341 g/mol. The van der Waals surface area contributed by atoms with E-state index in [4.69, 9.17) is 5.11 Å². The summed E-state index contributed by atoms with van der Waals surface area (Å²) in [6.45, 7) is 2.49. The summed E-state index contributed by atoms with van der Waals surface area (Å²) in [7, 11) is -3.94. The molecule has 0 fully saturated rings. The molecular formula is C11H13BrFNO4S. The third-order valence-electron chi connectivity index (χ3n) is 2.48. The molecule has 1 aromatic rings. The molecule has 8 heteroatoms. The van der Waals surface area contributed by atoms with Crippen LogP contribution in [0.5, 0.6) is 0 Å². The maximum atomic E-state index is 13.3. The van der Waals surface area contributed by atoms with Gasteiger partial charge in [0.1, 0.15) is 5.82 Å². The Hall–Kier alpha value is -0.990. The molecule has 0 saturated carbocycles. The van der Waals surface area contributed by atoms with Gasteiger partial charge in [0.05, 0.1) is 14.8 Å². The minimum Gasteiger partial charge on any atom is -0.481 e. The topological polar surface area (TPSA) is 83.5 Å². The van der Waals surface area contributed by atoms with Crippen molar-refractivity contribution in [1.29, 1.82) is 0 Å². The fraction of sp³-hybridized carbons (Fsp3) is 0.364. The zero-order chi connectivity index (χ0) is 14.8. The lowest BCUT2D eigenvalue weighted by Gasteiger charge is -2.19. The lowest BCUT2D eigenvalue weighted by atomic mass is 9.95. The lowest BCUT2D eigenvalue weighted by molar-refractivity contribution is -0.146. The fourth-order valence-corrected chi connectivity index (χ4v) is 2.55. The Balaban J connectivity index is 2.93. The molecule has 106 valence electrons. The quantitative estimate of drug-likeness (QED) is 0.847. The molecule has 0 aliphatic rings. The maximum absolute atomic E-state index is 13.3. The second kappa shape index (κ2) is 5.56. The van der Waals surface area contributed by atoms with Crippen LogP contribution < -0.4 is 4.72 Å². The van der Waals surface area contributed by atoms with E-state index in [9.17, 15) is 17.6 Å². The van der Waals surface area contributed by atoms with Gasteiger partial charge in [-0.05, 0) is 48.0 Å². The third kappa shape index (κ3) is 3.99. The van der Waals surface area contributed by atoms with Crippen LogP contribution in [0.2, 0.25) is 0 Å². The Kier molecular flexibility index (Phi) is 4.70. The Labute approximate surface area is 119 Å². The summed E-state index contributed by atoms with van der Waals surface area (Å²) in [4.78, 5) is 10.6. The molecule has 0 saturated heterocycles. The van der Waals surface area contributed by atoms with Gasteiger partial charge in [-0.25, -0.2) is 17.5 Å². The molecule has 2 N–H and O–H groups in total. The summed E-state index contributed by atoms with van der Waals surface area (Å²) in [5.41, 5.74) is -1.25. The van der Waals surface area contributed by atoms with Crippen LogP contribution in [0.3, 0.4) is 0 Å². The van der Waals surface area contributed by atoms with Crippen LogP contribution in [0.25, 0.3) is 0 Å². The largest absolute Gasteiger partial charge is 0.481 e. The number of carboxylic acids is 1. The first-order chi connectivity index (χ1) is 8.56. The van der Waals surface area contributed by atoms with Gasteiger partial charge >= 0.3 is 5.97 Å². The number of hydrogen-bond donors (Lipinski definition) is 2. The normalized spacial score (nSPS) is 12.4. The number of benzene rings is 1. The van der Waals surface area contributed by atoms with Crippen molar-refractivity contribution in [3.05, 3.63) is 28.5 Å². The van der Waals surface area contributed by atoms with Crippen molar-refractivity contribution < 1.29 is 22.7 Å². The van der Waals surface area contributed by atoms with Gasteiger partial charge in [-0.2, -0.15) is 0 Å². The highest BCUT2D eigenvalue weighted by molar-refractivity contribution is 9.10. The van der Waals surface area contributed by atoms with Crippen LogP contribution in [0.15, 0.2) is 27.6 Å². The second-order valence-corrected chi connectivity index (χ2v) is 7.21. The fourth-order valence-electron chi connectivity index (χ4n) is 1.08. The number of halogens is 2. The van der Waals surface area contributed by atoms with E-state index in [1.165, 1.54) is 26.0 Å². The average Bonchev–Trinajstić information content (AvgIpc) is 2.30. The van der Waals surface area contributed by atoms with Crippen molar-refractivity contribution in [2.75, 3.05) is 6.54 Å². The summed E-state index contributed by atoms with van der Waals surface area (Å²) in [5.74, 6) is -1.84. The number of hydrogen-bond acceptors (Lipinski definition) is 3. The highest BCUT2D eigenvalue weighted by Crippen LogP contribution is 2.20. The molecule has 0 aliphatic heterocycles. The number of sulfonamides is 1. The number of carbonyl (C=O) groups is 1. The molecule has 0 aromatic heterocycles. The van der Waals surface area contributed by atoms with Gasteiger partial charge in [0.2, 0.25) is 10.0 Å². The van der Waals surface area contributed by atoms with Gasteiger partial charge in [-0.3, -0.25) is 4.79 Å². The van der Waals surface area contributed by atoms with E-state index in [0.29, 0.717) is 0 Å². The summed E-state index contributed by atoms with van der Waals surface area (Å²) < 4.78 is 39.3. The minimum absolute atomic E-state index is 0.150. The van der Waals surface area contributed by atoms with E-state index in [1.54, 1.807) is 0 Å². The first-order valence-corrected chi connectivity index (χ1v) is 7.52. The number of rotatable bonds is 5. The first-order valence-electron chi connectivity index (χ1n) is 5.24. The number of nitrogens with one attached hydrogen (secondary N) is 1. The predicted molar refractivity (Wildman–Crippen MR) is 70.7 cm³/mol. The van der Waals surface area contributed by atoms with Crippen LogP contribution in [0.4, 0.5) is 4.39 Å². The van der Waals surface area contributed by atoms with Gasteiger partial charge in [-0.1, -0.05) is 0 Å². The Morgan fingerprint density at radius 2 is 2.05 bits per heavy atom. The standard InChI is InChI=1S/C11H13BrFNO4S/c1-11(2,10(15)16)6-14-19(17,18)7-3-4-8(12)9(13)5-7/h3-5,14H,6H2,1-2H3,(H,15,16). The molecule has 5 nitrogen and oxygen atoms in total. The van der Waals surface area contributed by atoms with E-state index < -0.39 is 27.2 Å². The van der Waals surface area contributed by atoms with E-state index in [1.807, 2.05) is 0 Å².